The van der Waals surface area contributed by atoms with E-state index < -0.39 is 23.2 Å². The number of nitrogens with zero attached hydrogens (tertiary/aromatic N) is 8. The number of carbonyl (C=O) groups is 4. The molecule has 0 aliphatic carbocycles. The van der Waals surface area contributed by atoms with E-state index in [1.807, 2.05) is 19.9 Å². The molecule has 4 N–H and O–H groups in total. The molecule has 330 valence electrons. The van der Waals surface area contributed by atoms with Gasteiger partial charge >= 0.3 is 12.1 Å². The molecule has 19 heteroatoms. The van der Waals surface area contributed by atoms with E-state index in [-0.39, 0.29) is 25.0 Å². The monoisotopic (exact) mass is 909 g/mol. The first kappa shape index (κ1) is 46.7. The van der Waals surface area contributed by atoms with Gasteiger partial charge in [-0.1, -0.05) is 30.3 Å². The number of hydrogen-bond acceptors (Lipinski definition) is 10. The zero-order valence-electron chi connectivity index (χ0n) is 36.1. The molecule has 7 rings (SSSR count). The SMILES string of the molecule is [C-]#[N+]c1ccc(N2C(=O)C(C)(C)N(c3ccc(NC(=O)NCCO)nc3)C2=S)cc1C.[C-]#[N+]c1ccc(N2C(=O)C(C)(C)N(c3ccc(NC(=O)Oc4ccccc4)nc3)C2=S)cc1C. The Kier molecular flexibility index (Phi) is 13.8. The minimum atomic E-state index is -0.966. The lowest BCUT2D eigenvalue weighted by Crippen LogP contribution is -2.44. The third-order valence-corrected chi connectivity index (χ3v) is 11.0. The largest absolute Gasteiger partial charge is 0.418 e. The molecule has 2 aliphatic heterocycles. The van der Waals surface area contributed by atoms with Gasteiger partial charge in [-0.3, -0.25) is 30.0 Å². The number of thiocarbonyl (C=S) groups is 2. The summed E-state index contributed by atoms with van der Waals surface area (Å²) in [6.45, 7) is 25.2. The van der Waals surface area contributed by atoms with Gasteiger partial charge in [0.1, 0.15) is 28.5 Å². The van der Waals surface area contributed by atoms with Gasteiger partial charge in [-0.25, -0.2) is 29.2 Å². The third kappa shape index (κ3) is 9.72. The number of amides is 5. The molecule has 2 fully saturated rings. The Morgan fingerprint density at radius 3 is 1.54 bits per heavy atom. The van der Waals surface area contributed by atoms with E-state index >= 15 is 0 Å². The zero-order valence-corrected chi connectivity index (χ0v) is 37.7. The Labute approximate surface area is 386 Å². The van der Waals surface area contributed by atoms with E-state index in [2.05, 4.69) is 35.6 Å². The predicted molar refractivity (Wildman–Crippen MR) is 257 cm³/mol. The zero-order chi connectivity index (χ0) is 47.2. The number of benzene rings is 3. The standard InChI is InChI=1S/C25H21N5O3S.C21H22N6O3S/c1-16-14-17(10-12-20(16)26-4)29-22(31)25(2,3)30(24(29)34)18-11-13-21(27-15-18)28-23(32)33-19-8-6-5-7-9-19;1-13-11-14(5-7-16(13)22-4)26-18(29)21(2,3)27(20(26)31)15-6-8-17(24-12-15)25-19(30)23-9-10-28/h5-15H,1-3H3,(H,27,28,32);5-8,11-12,28H,9-10H2,1-3H3,(H2,23,24,25,30). The summed E-state index contributed by atoms with van der Waals surface area (Å²) in [5, 5.41) is 17.0. The van der Waals surface area contributed by atoms with Crippen LogP contribution in [-0.2, 0) is 9.59 Å². The second-order valence-electron chi connectivity index (χ2n) is 15.5. The van der Waals surface area contributed by atoms with Gasteiger partial charge in [0.2, 0.25) is 0 Å². The highest BCUT2D eigenvalue weighted by Gasteiger charge is 2.51. The molecule has 0 bridgehead atoms. The number of pyridine rings is 2. The van der Waals surface area contributed by atoms with Gasteiger partial charge in [0.25, 0.3) is 11.8 Å². The lowest BCUT2D eigenvalue weighted by Gasteiger charge is -2.29. The van der Waals surface area contributed by atoms with Crippen molar-refractivity contribution in [2.45, 2.75) is 52.6 Å². The molecule has 0 atom stereocenters. The number of ether oxygens (including phenoxy) is 1. The molecule has 17 nitrogen and oxygen atoms in total. The minimum absolute atomic E-state index is 0.133. The topological polar surface area (TPSA) is 181 Å². The predicted octanol–water partition coefficient (Wildman–Crippen LogP) is 8.44. The normalized spacial score (nSPS) is 14.8. The van der Waals surface area contributed by atoms with Gasteiger partial charge in [0.05, 0.1) is 43.5 Å². The summed E-state index contributed by atoms with van der Waals surface area (Å²) in [5.74, 6) is 0.634. The fourth-order valence-corrected chi connectivity index (χ4v) is 8.00. The molecular formula is C46H43N11O6S2. The number of aliphatic hydroxyl groups is 1. The maximum Gasteiger partial charge on any atom is 0.418 e. The maximum absolute atomic E-state index is 13.3. The molecule has 0 saturated carbocycles. The van der Waals surface area contributed by atoms with Crippen LogP contribution in [0.25, 0.3) is 9.69 Å². The number of aromatic nitrogens is 2. The van der Waals surface area contributed by atoms with Crippen molar-refractivity contribution in [3.05, 3.63) is 137 Å². The highest BCUT2D eigenvalue weighted by atomic mass is 32.1. The first-order valence-electron chi connectivity index (χ1n) is 19.9. The van der Waals surface area contributed by atoms with E-state index in [0.717, 1.165) is 11.1 Å². The van der Waals surface area contributed by atoms with Crippen LogP contribution < -0.4 is 40.3 Å². The summed E-state index contributed by atoms with van der Waals surface area (Å²) in [5.41, 5.74) is 3.04. The number of aryl methyl sites for hydroxylation is 2. The molecule has 2 aromatic heterocycles. The Hall–Kier alpha value is -7.84. The fraction of sp³-hybridized carbons (Fsp3) is 0.217. The number of hydrogen-bond donors (Lipinski definition) is 4. The highest BCUT2D eigenvalue weighted by molar-refractivity contribution is 7.81. The Morgan fingerprint density at radius 1 is 0.692 bits per heavy atom. The van der Waals surface area contributed by atoms with Gasteiger partial charge < -0.3 is 25.0 Å². The number of carbonyl (C=O) groups excluding carboxylic acids is 4. The van der Waals surface area contributed by atoms with Gasteiger partial charge in [-0.15, -0.1) is 0 Å². The van der Waals surface area contributed by atoms with Gasteiger partial charge in [0.15, 0.2) is 21.6 Å². The van der Waals surface area contributed by atoms with Gasteiger partial charge in [-0.2, -0.15) is 0 Å². The van der Waals surface area contributed by atoms with Crippen LogP contribution in [0.2, 0.25) is 0 Å². The number of para-hydroxylation sites is 1. The highest BCUT2D eigenvalue weighted by Crippen LogP contribution is 2.39. The molecule has 2 saturated heterocycles. The molecule has 2 aliphatic rings. The summed E-state index contributed by atoms with van der Waals surface area (Å²) in [4.78, 5) is 72.2. The molecule has 65 heavy (non-hydrogen) atoms. The van der Waals surface area contributed by atoms with Crippen molar-refractivity contribution in [3.8, 4) is 5.75 Å². The summed E-state index contributed by atoms with van der Waals surface area (Å²) >= 11 is 11.3. The Bertz CT molecular complexity index is 2770. The van der Waals surface area contributed by atoms with Crippen molar-refractivity contribution >= 4 is 104 Å². The molecular weight excluding hydrogens is 867 g/mol. The van der Waals surface area contributed by atoms with Crippen molar-refractivity contribution in [1.82, 2.24) is 15.3 Å². The molecule has 0 spiro atoms. The molecule has 0 unspecified atom stereocenters. The lowest BCUT2D eigenvalue weighted by atomic mass is 10.0. The van der Waals surface area contributed by atoms with Crippen LogP contribution in [-0.4, -0.2) is 73.5 Å². The van der Waals surface area contributed by atoms with E-state index in [1.165, 1.54) is 22.2 Å². The third-order valence-electron chi connectivity index (χ3n) is 10.3. The molecule has 3 aromatic carbocycles. The minimum Gasteiger partial charge on any atom is -0.410 e. The van der Waals surface area contributed by atoms with Crippen LogP contribution in [0.3, 0.4) is 0 Å². The van der Waals surface area contributed by atoms with Crippen molar-refractivity contribution < 1.29 is 29.0 Å². The van der Waals surface area contributed by atoms with Gasteiger partial charge in [-0.05, 0) is 138 Å². The van der Waals surface area contributed by atoms with Crippen LogP contribution in [0.15, 0.2) is 103 Å². The van der Waals surface area contributed by atoms with Crippen LogP contribution in [0, 0.1) is 27.0 Å². The van der Waals surface area contributed by atoms with Crippen LogP contribution in [0.4, 0.5) is 55.3 Å². The van der Waals surface area contributed by atoms with Crippen LogP contribution >= 0.6 is 24.4 Å². The average Bonchev–Trinajstić information content (AvgIpc) is 3.57. The summed E-state index contributed by atoms with van der Waals surface area (Å²) in [6, 6.07) is 25.2. The maximum atomic E-state index is 13.3. The number of nitrogens with one attached hydrogen (secondary N) is 3. The van der Waals surface area contributed by atoms with Crippen molar-refractivity contribution in [2.75, 3.05) is 43.4 Å². The first-order chi connectivity index (χ1) is 30.9. The Balaban J connectivity index is 0.000000216. The van der Waals surface area contributed by atoms with Gasteiger partial charge in [0, 0.05) is 17.9 Å². The summed E-state index contributed by atoms with van der Waals surface area (Å²) < 4.78 is 5.21. The summed E-state index contributed by atoms with van der Waals surface area (Å²) in [7, 11) is 0. The number of urea groups is 1. The average molecular weight is 910 g/mol. The second-order valence-corrected chi connectivity index (χ2v) is 16.3. The van der Waals surface area contributed by atoms with Crippen molar-refractivity contribution in [2.24, 2.45) is 0 Å². The molecule has 0 radical (unpaired) electrons. The smallest absolute Gasteiger partial charge is 0.410 e. The van der Waals surface area contributed by atoms with E-state index in [9.17, 15) is 19.2 Å². The fourth-order valence-electron chi connectivity index (χ4n) is 6.96. The lowest BCUT2D eigenvalue weighted by molar-refractivity contribution is -0.121. The van der Waals surface area contributed by atoms with E-state index in [4.69, 9.17) is 47.4 Å². The van der Waals surface area contributed by atoms with Crippen molar-refractivity contribution in [3.63, 3.8) is 0 Å². The number of aliphatic hydroxyl groups excluding tert-OH is 1. The number of anilines is 6. The van der Waals surface area contributed by atoms with Crippen LogP contribution in [0.1, 0.15) is 38.8 Å². The summed E-state index contributed by atoms with van der Waals surface area (Å²) in [6.07, 6.45) is 2.40. The van der Waals surface area contributed by atoms with Crippen molar-refractivity contribution in [1.29, 1.82) is 0 Å². The van der Waals surface area contributed by atoms with E-state index in [1.54, 1.807) is 122 Å². The van der Waals surface area contributed by atoms with Crippen LogP contribution in [0.5, 0.6) is 5.75 Å². The molecule has 5 amide bonds. The number of rotatable bonds is 9. The second kappa shape index (κ2) is 19.3. The van der Waals surface area contributed by atoms with E-state index in [0.29, 0.717) is 61.7 Å². The quantitative estimate of drug-likeness (QED) is 0.0820. The Morgan fingerprint density at radius 2 is 1.14 bits per heavy atom. The first-order valence-corrected chi connectivity index (χ1v) is 20.7. The molecule has 4 heterocycles. The molecule has 5 aromatic rings.